The first kappa shape index (κ1) is 20.6. The summed E-state index contributed by atoms with van der Waals surface area (Å²) in [6.07, 6.45) is 1.86. The third-order valence-electron chi connectivity index (χ3n) is 4.78. The molecule has 6 heteroatoms. The Kier molecular flexibility index (Phi) is 5.64. The number of para-hydroxylation sites is 1. The van der Waals surface area contributed by atoms with E-state index in [0.29, 0.717) is 12.8 Å². The van der Waals surface area contributed by atoms with E-state index in [4.69, 9.17) is 0 Å². The zero-order valence-electron chi connectivity index (χ0n) is 16.9. The Morgan fingerprint density at radius 2 is 1.75 bits per heavy atom. The molecule has 0 aromatic heterocycles. The van der Waals surface area contributed by atoms with Crippen molar-refractivity contribution in [3.05, 3.63) is 59.7 Å². The molecule has 0 bridgehead atoms. The lowest BCUT2D eigenvalue weighted by molar-refractivity contribution is -0.118. The monoisotopic (exact) mass is 400 g/mol. The van der Waals surface area contributed by atoms with Crippen LogP contribution in [0.25, 0.3) is 0 Å². The molecular weight excluding hydrogens is 372 g/mol. The average molecular weight is 401 g/mol. The van der Waals surface area contributed by atoms with Crippen molar-refractivity contribution in [1.29, 1.82) is 0 Å². The van der Waals surface area contributed by atoms with Crippen molar-refractivity contribution in [2.45, 2.75) is 63.4 Å². The molecule has 1 heterocycles. The van der Waals surface area contributed by atoms with Crippen LogP contribution in [0.5, 0.6) is 0 Å². The van der Waals surface area contributed by atoms with Crippen LogP contribution in [-0.2, 0) is 27.7 Å². The van der Waals surface area contributed by atoms with E-state index in [-0.39, 0.29) is 16.8 Å². The molecular formula is C22H28N2O3S. The molecule has 0 fully saturated rings. The molecule has 0 saturated heterocycles. The highest BCUT2D eigenvalue weighted by atomic mass is 32.2. The summed E-state index contributed by atoms with van der Waals surface area (Å²) in [6.45, 7) is 7.49. The summed E-state index contributed by atoms with van der Waals surface area (Å²) in [4.78, 5) is 14.9. The fourth-order valence-electron chi connectivity index (χ4n) is 3.61. The molecule has 150 valence electrons. The van der Waals surface area contributed by atoms with Gasteiger partial charge in [-0.05, 0) is 69.9 Å². The number of fused-ring (bicyclic) bond motifs is 1. The fourth-order valence-corrected chi connectivity index (χ4v) is 5.03. The van der Waals surface area contributed by atoms with E-state index in [9.17, 15) is 13.2 Å². The van der Waals surface area contributed by atoms with Crippen LogP contribution in [0.2, 0.25) is 0 Å². The molecule has 3 rings (SSSR count). The first-order chi connectivity index (χ1) is 13.1. The Bertz CT molecular complexity index is 960. The summed E-state index contributed by atoms with van der Waals surface area (Å²) in [6, 6.07) is 15.0. The molecule has 0 aliphatic carbocycles. The van der Waals surface area contributed by atoms with Gasteiger partial charge in [-0.25, -0.2) is 13.1 Å². The molecule has 0 spiro atoms. The Balaban J connectivity index is 1.65. The van der Waals surface area contributed by atoms with Crippen LogP contribution in [0.3, 0.4) is 0 Å². The van der Waals surface area contributed by atoms with E-state index in [1.807, 2.05) is 43.9 Å². The van der Waals surface area contributed by atoms with Gasteiger partial charge in [-0.2, -0.15) is 0 Å². The highest BCUT2D eigenvalue weighted by molar-refractivity contribution is 7.89. The Morgan fingerprint density at radius 1 is 1.11 bits per heavy atom. The largest absolute Gasteiger partial charge is 0.309 e. The molecule has 0 unspecified atom stereocenters. The van der Waals surface area contributed by atoms with Gasteiger partial charge in [-0.15, -0.1) is 0 Å². The average Bonchev–Trinajstić information content (AvgIpc) is 2.94. The van der Waals surface area contributed by atoms with E-state index in [1.54, 1.807) is 24.3 Å². The SMILES string of the molecule is C[C@@H]1Cc2ccccc2N1C(=O)CCc1ccc(S(=O)(=O)NC(C)(C)C)cc1. The van der Waals surface area contributed by atoms with E-state index in [1.165, 1.54) is 5.56 Å². The number of benzene rings is 2. The van der Waals surface area contributed by atoms with Crippen LogP contribution in [0.1, 0.15) is 45.2 Å². The summed E-state index contributed by atoms with van der Waals surface area (Å²) in [7, 11) is -3.55. The smallest absolute Gasteiger partial charge is 0.241 e. The number of hydrogen-bond acceptors (Lipinski definition) is 3. The molecule has 1 aliphatic heterocycles. The molecule has 0 saturated carbocycles. The first-order valence-corrected chi connectivity index (χ1v) is 11.1. The first-order valence-electron chi connectivity index (χ1n) is 9.60. The fraction of sp³-hybridized carbons (Fsp3) is 0.409. The number of anilines is 1. The number of sulfonamides is 1. The lowest BCUT2D eigenvalue weighted by atomic mass is 10.1. The van der Waals surface area contributed by atoms with Crippen LogP contribution in [0.4, 0.5) is 5.69 Å². The topological polar surface area (TPSA) is 66.5 Å². The van der Waals surface area contributed by atoms with E-state index >= 15 is 0 Å². The normalized spacial score (nSPS) is 16.9. The number of aryl methyl sites for hydroxylation is 1. The Morgan fingerprint density at radius 3 is 2.39 bits per heavy atom. The highest BCUT2D eigenvalue weighted by Crippen LogP contribution is 2.32. The van der Waals surface area contributed by atoms with Crippen molar-refractivity contribution in [3.63, 3.8) is 0 Å². The van der Waals surface area contributed by atoms with Gasteiger partial charge in [0.2, 0.25) is 15.9 Å². The Hall–Kier alpha value is -2.18. The predicted octanol–water partition coefficient (Wildman–Crippen LogP) is 3.67. The van der Waals surface area contributed by atoms with Gasteiger partial charge < -0.3 is 4.90 Å². The maximum absolute atomic E-state index is 12.8. The number of nitrogens with one attached hydrogen (secondary N) is 1. The molecule has 1 aliphatic rings. The molecule has 5 nitrogen and oxygen atoms in total. The zero-order chi connectivity index (χ0) is 20.5. The lowest BCUT2D eigenvalue weighted by Crippen LogP contribution is -2.40. The van der Waals surface area contributed by atoms with Crippen molar-refractivity contribution >= 4 is 21.6 Å². The summed E-state index contributed by atoms with van der Waals surface area (Å²) < 4.78 is 27.4. The van der Waals surface area contributed by atoms with Gasteiger partial charge in [0.25, 0.3) is 0 Å². The minimum absolute atomic E-state index is 0.101. The minimum atomic E-state index is -3.55. The second-order valence-electron chi connectivity index (χ2n) is 8.45. The second-order valence-corrected chi connectivity index (χ2v) is 10.1. The maximum atomic E-state index is 12.8. The Labute approximate surface area is 167 Å². The summed E-state index contributed by atoms with van der Waals surface area (Å²) in [5.74, 6) is 0.101. The quantitative estimate of drug-likeness (QED) is 0.833. The van der Waals surface area contributed by atoms with E-state index in [0.717, 1.165) is 17.7 Å². The number of rotatable bonds is 5. The number of amides is 1. The van der Waals surface area contributed by atoms with Crippen LogP contribution >= 0.6 is 0 Å². The number of carbonyl (C=O) groups is 1. The third-order valence-corrected chi connectivity index (χ3v) is 6.55. The van der Waals surface area contributed by atoms with E-state index < -0.39 is 15.6 Å². The standard InChI is InChI=1S/C22H28N2O3S/c1-16-15-18-7-5-6-8-20(18)24(16)21(25)14-11-17-9-12-19(13-10-17)28(26,27)23-22(2,3)4/h5-10,12-13,16,23H,11,14-15H2,1-4H3/t16-/m1/s1. The summed E-state index contributed by atoms with van der Waals surface area (Å²) in [5.41, 5.74) is 2.63. The van der Waals surface area contributed by atoms with Crippen molar-refractivity contribution in [2.24, 2.45) is 0 Å². The van der Waals surface area contributed by atoms with Gasteiger partial charge in [-0.3, -0.25) is 4.79 Å². The van der Waals surface area contributed by atoms with Gasteiger partial charge in [0, 0.05) is 23.7 Å². The molecule has 28 heavy (non-hydrogen) atoms. The molecule has 2 aromatic carbocycles. The van der Waals surface area contributed by atoms with Crippen LogP contribution in [-0.4, -0.2) is 25.9 Å². The molecule has 1 N–H and O–H groups in total. The van der Waals surface area contributed by atoms with Crippen molar-refractivity contribution < 1.29 is 13.2 Å². The minimum Gasteiger partial charge on any atom is -0.309 e. The number of nitrogens with zero attached hydrogens (tertiary/aromatic N) is 1. The molecule has 1 atom stereocenters. The maximum Gasteiger partial charge on any atom is 0.241 e. The van der Waals surface area contributed by atoms with Crippen molar-refractivity contribution in [3.8, 4) is 0 Å². The molecule has 0 radical (unpaired) electrons. The lowest BCUT2D eigenvalue weighted by Gasteiger charge is -2.23. The zero-order valence-corrected chi connectivity index (χ0v) is 17.7. The van der Waals surface area contributed by atoms with Gasteiger partial charge in [0.15, 0.2) is 0 Å². The second kappa shape index (κ2) is 7.68. The van der Waals surface area contributed by atoms with Gasteiger partial charge in [0.05, 0.1) is 4.90 Å². The van der Waals surface area contributed by atoms with E-state index in [2.05, 4.69) is 17.7 Å². The number of hydrogen-bond donors (Lipinski definition) is 1. The summed E-state index contributed by atoms with van der Waals surface area (Å²) in [5, 5.41) is 0. The van der Waals surface area contributed by atoms with Crippen LogP contribution in [0.15, 0.2) is 53.4 Å². The van der Waals surface area contributed by atoms with Gasteiger partial charge >= 0.3 is 0 Å². The van der Waals surface area contributed by atoms with Crippen LogP contribution in [0, 0.1) is 0 Å². The van der Waals surface area contributed by atoms with Crippen LogP contribution < -0.4 is 9.62 Å². The van der Waals surface area contributed by atoms with Gasteiger partial charge in [0.1, 0.15) is 0 Å². The van der Waals surface area contributed by atoms with Crippen molar-refractivity contribution in [1.82, 2.24) is 4.72 Å². The highest BCUT2D eigenvalue weighted by Gasteiger charge is 2.30. The molecule has 1 amide bonds. The predicted molar refractivity (Wildman–Crippen MR) is 112 cm³/mol. The van der Waals surface area contributed by atoms with Gasteiger partial charge in [-0.1, -0.05) is 30.3 Å². The molecule has 2 aromatic rings. The summed E-state index contributed by atoms with van der Waals surface area (Å²) >= 11 is 0. The third kappa shape index (κ3) is 4.62. The van der Waals surface area contributed by atoms with Crippen molar-refractivity contribution in [2.75, 3.05) is 4.90 Å². The number of carbonyl (C=O) groups excluding carboxylic acids is 1.